The number of halogens is 1. The topological polar surface area (TPSA) is 233 Å². The van der Waals surface area contributed by atoms with Crippen LogP contribution < -0.4 is 4.90 Å². The van der Waals surface area contributed by atoms with Gasteiger partial charge in [0.2, 0.25) is 5.69 Å². The number of hydrogen-bond acceptors (Lipinski definition) is 10. The van der Waals surface area contributed by atoms with E-state index in [1.165, 1.54) is 24.3 Å². The predicted octanol–water partition coefficient (Wildman–Crippen LogP) is 8.67. The molecule has 4 aromatic carbocycles. The van der Waals surface area contributed by atoms with E-state index in [0.717, 1.165) is 55.8 Å². The third kappa shape index (κ3) is 11.3. The van der Waals surface area contributed by atoms with Gasteiger partial charge >= 0.3 is 0 Å². The number of ether oxygens (including phenoxy) is 1. The predicted molar refractivity (Wildman–Crippen MR) is 268 cm³/mol. The average molecular weight is 1040 g/mol. The summed E-state index contributed by atoms with van der Waals surface area (Å²) in [5.41, 5.74) is 5.14. The zero-order chi connectivity index (χ0) is 50.5. The van der Waals surface area contributed by atoms with Crippen LogP contribution in [0.4, 0.5) is 11.4 Å². The Kier molecular flexibility index (Phi) is 14.7. The second-order valence-electron chi connectivity index (χ2n) is 18.5. The standard InChI is InChI=1S/C49H53ClN2O13S4/c1-6-25-65-36-28-34(13-21-43-48(2,3)45-39-17-15-37(68(59,60)61)30-32(39)11-19-41(45)51(43)23-7-9-26-66(53,54)55)47(50)35(29-36)14-22-44-49(4,5)46-40-18-16-38(69(62,63)64)31-33(40)12-20-42(46)52(44)24-8-10-27-67(56,57)58/h1,11-22,30-31,36H,7-10,23-29H2,2-5H3,(H3-,53,54,55,56,57,58,59,60,61,62,63,64)/p+1. The number of allylic oxidation sites excluding steroid dienone is 6. The highest BCUT2D eigenvalue weighted by molar-refractivity contribution is 7.86. The van der Waals surface area contributed by atoms with Crippen molar-refractivity contribution in [3.8, 4) is 12.3 Å². The number of anilines is 1. The van der Waals surface area contributed by atoms with Gasteiger partial charge < -0.3 is 9.64 Å². The Hall–Kier alpha value is -4.72. The molecule has 0 saturated heterocycles. The number of hydrogen-bond donors (Lipinski definition) is 4. The maximum atomic E-state index is 12.1. The van der Waals surface area contributed by atoms with E-state index < -0.39 is 62.8 Å². The van der Waals surface area contributed by atoms with Gasteiger partial charge in [0.25, 0.3) is 40.5 Å². The summed E-state index contributed by atoms with van der Waals surface area (Å²) < 4.78 is 141. The molecule has 368 valence electrons. The molecule has 0 spiro atoms. The third-order valence-corrected chi connectivity index (χ3v) is 16.8. The summed E-state index contributed by atoms with van der Waals surface area (Å²) in [4.78, 5) is 1.59. The van der Waals surface area contributed by atoms with Crippen molar-refractivity contribution in [1.82, 2.24) is 0 Å². The smallest absolute Gasteiger partial charge is 0.294 e. The quantitative estimate of drug-likeness (QED) is 0.0336. The van der Waals surface area contributed by atoms with Crippen LogP contribution in [0.25, 0.3) is 21.5 Å². The Bertz CT molecular complexity index is 3440. The molecule has 2 aliphatic heterocycles. The molecule has 0 aromatic heterocycles. The lowest BCUT2D eigenvalue weighted by molar-refractivity contribution is -0.438. The van der Waals surface area contributed by atoms with Crippen molar-refractivity contribution in [1.29, 1.82) is 0 Å². The van der Waals surface area contributed by atoms with Gasteiger partial charge in [-0.2, -0.15) is 38.2 Å². The third-order valence-electron chi connectivity index (χ3n) is 13.0. The van der Waals surface area contributed by atoms with Gasteiger partial charge in [-0.15, -0.1) is 6.42 Å². The van der Waals surface area contributed by atoms with Crippen LogP contribution >= 0.6 is 11.6 Å². The van der Waals surface area contributed by atoms with Gasteiger partial charge in [0.05, 0.1) is 32.8 Å². The molecule has 69 heavy (non-hydrogen) atoms. The molecule has 4 aromatic rings. The van der Waals surface area contributed by atoms with Crippen LogP contribution in [-0.4, -0.2) is 99.5 Å². The zero-order valence-corrected chi connectivity index (χ0v) is 42.4. The minimum atomic E-state index is -4.48. The van der Waals surface area contributed by atoms with Gasteiger partial charge in [-0.05, 0) is 114 Å². The van der Waals surface area contributed by atoms with E-state index in [4.69, 9.17) is 22.8 Å². The molecule has 0 fully saturated rings. The number of unbranched alkanes of at least 4 members (excludes halogenated alkanes) is 2. The molecule has 20 heteroatoms. The molecule has 0 radical (unpaired) electrons. The Morgan fingerprint density at radius 1 is 0.739 bits per heavy atom. The molecular weight excluding hydrogens is 988 g/mol. The van der Waals surface area contributed by atoms with E-state index in [1.807, 2.05) is 64.1 Å². The minimum Gasteiger partial charge on any atom is -0.365 e. The maximum Gasteiger partial charge on any atom is 0.294 e. The molecule has 0 bridgehead atoms. The largest absolute Gasteiger partial charge is 0.365 e. The minimum absolute atomic E-state index is 0.0448. The summed E-state index contributed by atoms with van der Waals surface area (Å²) >= 11 is 7.36. The lowest BCUT2D eigenvalue weighted by atomic mass is 9.78. The summed E-state index contributed by atoms with van der Waals surface area (Å²) in [6.07, 6.45) is 15.0. The maximum absolute atomic E-state index is 12.1. The van der Waals surface area contributed by atoms with Crippen LogP contribution in [0.15, 0.2) is 117 Å². The van der Waals surface area contributed by atoms with Crippen LogP contribution in [0.5, 0.6) is 0 Å². The van der Waals surface area contributed by atoms with Crippen LogP contribution in [-0.2, 0) is 56.0 Å². The molecule has 0 amide bonds. The number of terminal acetylenes is 1. The van der Waals surface area contributed by atoms with E-state index in [2.05, 4.69) is 15.4 Å². The van der Waals surface area contributed by atoms with E-state index in [1.54, 1.807) is 24.3 Å². The highest BCUT2D eigenvalue weighted by atomic mass is 35.5. The molecule has 0 saturated carbocycles. The highest BCUT2D eigenvalue weighted by Crippen LogP contribution is 2.52. The first-order chi connectivity index (χ1) is 32.1. The van der Waals surface area contributed by atoms with E-state index in [0.29, 0.717) is 54.6 Å². The van der Waals surface area contributed by atoms with Crippen molar-refractivity contribution in [3.05, 3.63) is 118 Å². The fourth-order valence-corrected chi connectivity index (χ4v) is 12.4. The van der Waals surface area contributed by atoms with Crippen LogP contribution in [0.3, 0.4) is 0 Å². The number of rotatable bonds is 17. The van der Waals surface area contributed by atoms with Crippen LogP contribution in [0, 0.1) is 12.3 Å². The Morgan fingerprint density at radius 3 is 1.90 bits per heavy atom. The average Bonchev–Trinajstić information content (AvgIpc) is 3.61. The fourth-order valence-electron chi connectivity index (χ4n) is 9.93. The second kappa shape index (κ2) is 19.5. The van der Waals surface area contributed by atoms with E-state index in [9.17, 15) is 51.9 Å². The molecule has 1 aliphatic carbocycles. The first-order valence-corrected chi connectivity index (χ1v) is 28.6. The SMILES string of the molecule is C#CCOC1CC(/C=C/C2=[N+](CCCCS(=O)(=O)O)c3ccc4cc(S(=O)(=O)O)ccc4c3C2(C)C)=C(Cl)C(=C/C=C2\N(CCCCS(=O)(=O)O)c3ccc4cc(S(=O)(=O)O)ccc4c3C2(C)C)/C1. The summed E-state index contributed by atoms with van der Waals surface area (Å²) in [5, 5.41) is 3.17. The number of benzene rings is 4. The van der Waals surface area contributed by atoms with Gasteiger partial charge in [-0.3, -0.25) is 18.2 Å². The summed E-state index contributed by atoms with van der Waals surface area (Å²) in [5.74, 6) is 1.73. The van der Waals surface area contributed by atoms with Crippen LogP contribution in [0.2, 0.25) is 0 Å². The van der Waals surface area contributed by atoms with E-state index >= 15 is 0 Å². The Labute approximate surface area is 408 Å². The van der Waals surface area contributed by atoms with Gasteiger partial charge in [0.15, 0.2) is 5.71 Å². The normalized spacial score (nSPS) is 19.7. The van der Waals surface area contributed by atoms with Crippen molar-refractivity contribution in [2.45, 2.75) is 92.9 Å². The van der Waals surface area contributed by atoms with Crippen molar-refractivity contribution < 1.29 is 61.2 Å². The lowest BCUT2D eigenvalue weighted by Gasteiger charge is -2.28. The van der Waals surface area contributed by atoms with Crippen LogP contribution in [0.1, 0.15) is 77.3 Å². The van der Waals surface area contributed by atoms with E-state index in [-0.39, 0.29) is 35.3 Å². The molecule has 4 N–H and O–H groups in total. The number of fused-ring (bicyclic) bond motifs is 6. The van der Waals surface area contributed by atoms with Gasteiger partial charge in [-0.1, -0.05) is 61.7 Å². The van der Waals surface area contributed by atoms with Crippen molar-refractivity contribution in [3.63, 3.8) is 0 Å². The Morgan fingerprint density at radius 2 is 1.32 bits per heavy atom. The highest BCUT2D eigenvalue weighted by Gasteiger charge is 2.46. The molecule has 15 nitrogen and oxygen atoms in total. The Balaban J connectivity index is 1.32. The van der Waals surface area contributed by atoms with Crippen molar-refractivity contribution in [2.75, 3.05) is 36.1 Å². The van der Waals surface area contributed by atoms with Gasteiger partial charge in [0, 0.05) is 65.3 Å². The second-order valence-corrected chi connectivity index (χ2v) is 24.9. The molecule has 3 aliphatic rings. The van der Waals surface area contributed by atoms with Gasteiger partial charge in [0.1, 0.15) is 13.2 Å². The molecule has 1 unspecified atom stereocenters. The summed E-state index contributed by atoms with van der Waals surface area (Å²) in [6, 6.07) is 16.1. The van der Waals surface area contributed by atoms with Crippen molar-refractivity contribution >= 4 is 90.7 Å². The summed E-state index contributed by atoms with van der Waals surface area (Å²) in [7, 11) is -17.3. The van der Waals surface area contributed by atoms with Gasteiger partial charge in [-0.25, -0.2) is 0 Å². The molecule has 2 heterocycles. The fraction of sp³-hybridized carbons (Fsp3) is 0.367. The lowest BCUT2D eigenvalue weighted by Crippen LogP contribution is -2.28. The molecular formula is C49H54ClN2O13S4+. The monoisotopic (exact) mass is 1040 g/mol. The first-order valence-electron chi connectivity index (χ1n) is 22.1. The van der Waals surface area contributed by atoms with Crippen molar-refractivity contribution in [2.24, 2.45) is 0 Å². The molecule has 1 atom stereocenters. The zero-order valence-electron chi connectivity index (χ0n) is 38.4. The summed E-state index contributed by atoms with van der Waals surface area (Å²) in [6.45, 7) is 8.91. The molecule has 7 rings (SSSR count). The first kappa shape index (κ1) is 52.1. The number of nitrogens with zero attached hydrogens (tertiary/aromatic N) is 2.